The lowest BCUT2D eigenvalue weighted by molar-refractivity contribution is 1.07. The summed E-state index contributed by atoms with van der Waals surface area (Å²) in [5.41, 5.74) is 19.1. The second kappa shape index (κ2) is 12.0. The largest absolute Gasteiger partial charge is 0.345 e. The van der Waals surface area contributed by atoms with Crippen molar-refractivity contribution in [3.8, 4) is 56.4 Å². The van der Waals surface area contributed by atoms with Gasteiger partial charge in [-0.3, -0.25) is 0 Å². The summed E-state index contributed by atoms with van der Waals surface area (Å²) in [6.07, 6.45) is 0. The van der Waals surface area contributed by atoms with E-state index in [-0.39, 0.29) is 6.71 Å². The van der Waals surface area contributed by atoms with Crippen molar-refractivity contribution in [2.45, 2.75) is 0 Å². The van der Waals surface area contributed by atoms with E-state index in [4.69, 9.17) is 15.0 Å². The third-order valence-corrected chi connectivity index (χ3v) is 11.7. The molecule has 3 aliphatic rings. The van der Waals surface area contributed by atoms with Gasteiger partial charge in [-0.05, 0) is 81.1 Å². The SMILES string of the molecule is CN1c2cccc3c2B2c4c1cccc4N(C)c1cc(-c4cccc(-c5nc(-c6ccccc6)nc(-c6ccc(-c7ccccc7)cc6)n5)c4)cc(c12)N3C. The van der Waals surface area contributed by atoms with E-state index in [1.165, 1.54) is 56.1 Å². The van der Waals surface area contributed by atoms with Gasteiger partial charge in [-0.1, -0.05) is 115 Å². The molecule has 0 N–H and O–H groups in total. The summed E-state index contributed by atoms with van der Waals surface area (Å²) in [6, 6.07) is 55.9. The first-order valence-electron chi connectivity index (χ1n) is 18.7. The van der Waals surface area contributed by atoms with Gasteiger partial charge in [-0.25, -0.2) is 15.0 Å². The summed E-state index contributed by atoms with van der Waals surface area (Å²) < 4.78 is 0. The zero-order valence-electron chi connectivity index (χ0n) is 30.8. The highest BCUT2D eigenvalue weighted by Crippen LogP contribution is 2.44. The molecule has 0 unspecified atom stereocenters. The Labute approximate surface area is 321 Å². The van der Waals surface area contributed by atoms with Crippen molar-refractivity contribution in [2.75, 3.05) is 35.8 Å². The van der Waals surface area contributed by atoms with Gasteiger partial charge in [0.1, 0.15) is 0 Å². The first-order chi connectivity index (χ1) is 27.0. The average Bonchev–Trinajstić information content (AvgIpc) is 3.25. The lowest BCUT2D eigenvalue weighted by Crippen LogP contribution is -2.65. The maximum Gasteiger partial charge on any atom is 0.257 e. The van der Waals surface area contributed by atoms with E-state index in [0.717, 1.165) is 33.4 Å². The highest BCUT2D eigenvalue weighted by molar-refractivity contribution is 7.02. The van der Waals surface area contributed by atoms with Crippen LogP contribution in [0.15, 0.2) is 158 Å². The minimum atomic E-state index is 0.174. The molecule has 0 atom stereocenters. The molecule has 0 radical (unpaired) electrons. The van der Waals surface area contributed by atoms with Gasteiger partial charge in [-0.2, -0.15) is 0 Å². The summed E-state index contributed by atoms with van der Waals surface area (Å²) in [7, 11) is 6.62. The molecular weight excluding hydrogens is 671 g/mol. The van der Waals surface area contributed by atoms with Crippen molar-refractivity contribution in [2.24, 2.45) is 0 Å². The number of hydrogen-bond acceptors (Lipinski definition) is 6. The molecule has 0 saturated heterocycles. The third-order valence-electron chi connectivity index (χ3n) is 11.7. The van der Waals surface area contributed by atoms with Crippen LogP contribution in [0.2, 0.25) is 0 Å². The Morgan fingerprint density at radius 3 is 1.22 bits per heavy atom. The van der Waals surface area contributed by atoms with Crippen LogP contribution >= 0.6 is 0 Å². The summed E-state index contributed by atoms with van der Waals surface area (Å²) in [5, 5.41) is 0. The predicted molar refractivity (Wildman–Crippen MR) is 229 cm³/mol. The molecule has 55 heavy (non-hydrogen) atoms. The minimum absolute atomic E-state index is 0.174. The Morgan fingerprint density at radius 1 is 0.309 bits per heavy atom. The molecule has 3 aliphatic heterocycles. The third kappa shape index (κ3) is 4.79. The zero-order valence-corrected chi connectivity index (χ0v) is 30.8. The molecule has 0 amide bonds. The molecule has 0 fully saturated rings. The summed E-state index contributed by atoms with van der Waals surface area (Å²) in [6.45, 7) is 0.174. The Hall–Kier alpha value is -6.99. The fraction of sp³-hybridized carbons (Fsp3) is 0.0625. The molecule has 7 aromatic carbocycles. The van der Waals surface area contributed by atoms with Gasteiger partial charge >= 0.3 is 0 Å². The molecule has 0 saturated carbocycles. The van der Waals surface area contributed by atoms with Crippen molar-refractivity contribution in [1.82, 2.24) is 15.0 Å². The fourth-order valence-electron chi connectivity index (χ4n) is 8.94. The Bertz CT molecular complexity index is 2740. The van der Waals surface area contributed by atoms with Crippen molar-refractivity contribution in [3.05, 3.63) is 158 Å². The van der Waals surface area contributed by atoms with Gasteiger partial charge in [0.2, 0.25) is 0 Å². The molecule has 11 rings (SSSR count). The van der Waals surface area contributed by atoms with Crippen LogP contribution in [0.5, 0.6) is 0 Å². The van der Waals surface area contributed by atoms with E-state index in [2.05, 4.69) is 169 Å². The fourth-order valence-corrected chi connectivity index (χ4v) is 8.94. The highest BCUT2D eigenvalue weighted by atomic mass is 15.2. The minimum Gasteiger partial charge on any atom is -0.345 e. The van der Waals surface area contributed by atoms with Gasteiger partial charge in [0, 0.05) is 72.0 Å². The Kier molecular flexibility index (Phi) is 6.89. The van der Waals surface area contributed by atoms with E-state index < -0.39 is 0 Å². The van der Waals surface area contributed by atoms with E-state index in [1.54, 1.807) is 0 Å². The van der Waals surface area contributed by atoms with Crippen LogP contribution in [-0.4, -0.2) is 42.8 Å². The van der Waals surface area contributed by atoms with Crippen LogP contribution in [0.4, 0.5) is 34.1 Å². The first kappa shape index (κ1) is 31.5. The lowest BCUT2D eigenvalue weighted by Gasteiger charge is -2.47. The number of rotatable bonds is 5. The van der Waals surface area contributed by atoms with Crippen molar-refractivity contribution >= 4 is 57.2 Å². The first-order valence-corrected chi connectivity index (χ1v) is 18.7. The van der Waals surface area contributed by atoms with Gasteiger partial charge in [0.05, 0.1) is 0 Å². The Balaban J connectivity index is 1.04. The van der Waals surface area contributed by atoms with Crippen molar-refractivity contribution in [1.29, 1.82) is 0 Å². The zero-order chi connectivity index (χ0) is 36.8. The number of anilines is 6. The molecule has 4 heterocycles. The molecule has 0 spiro atoms. The average molecular weight is 707 g/mol. The van der Waals surface area contributed by atoms with Crippen molar-refractivity contribution in [3.63, 3.8) is 0 Å². The lowest BCUT2D eigenvalue weighted by atomic mass is 9.32. The van der Waals surface area contributed by atoms with E-state index in [9.17, 15) is 0 Å². The molecule has 1 aromatic heterocycles. The topological polar surface area (TPSA) is 48.4 Å². The van der Waals surface area contributed by atoms with E-state index in [0.29, 0.717) is 17.5 Å². The number of hydrogen-bond donors (Lipinski definition) is 0. The maximum absolute atomic E-state index is 5.11. The van der Waals surface area contributed by atoms with Crippen LogP contribution in [-0.2, 0) is 0 Å². The predicted octanol–water partition coefficient (Wildman–Crippen LogP) is 8.97. The number of benzene rings is 7. The highest BCUT2D eigenvalue weighted by Gasteiger charge is 2.46. The summed E-state index contributed by atoms with van der Waals surface area (Å²) in [4.78, 5) is 22.3. The summed E-state index contributed by atoms with van der Waals surface area (Å²) in [5.74, 6) is 1.93. The normalized spacial score (nSPS) is 13.2. The Morgan fingerprint density at radius 2 is 0.673 bits per heavy atom. The smallest absolute Gasteiger partial charge is 0.257 e. The van der Waals surface area contributed by atoms with Crippen LogP contribution < -0.4 is 31.1 Å². The van der Waals surface area contributed by atoms with E-state index >= 15 is 0 Å². The second-order valence-electron chi connectivity index (χ2n) is 14.7. The monoisotopic (exact) mass is 706 g/mol. The van der Waals surface area contributed by atoms with Crippen LogP contribution in [0.25, 0.3) is 56.4 Å². The molecule has 260 valence electrons. The van der Waals surface area contributed by atoms with E-state index in [1.807, 2.05) is 24.3 Å². The molecule has 7 heteroatoms. The summed E-state index contributed by atoms with van der Waals surface area (Å²) >= 11 is 0. The van der Waals surface area contributed by atoms with Crippen molar-refractivity contribution < 1.29 is 0 Å². The maximum atomic E-state index is 5.11. The number of nitrogens with zero attached hydrogens (tertiary/aromatic N) is 6. The number of aromatic nitrogens is 3. The molecule has 6 nitrogen and oxygen atoms in total. The van der Waals surface area contributed by atoms with Crippen LogP contribution in [0.3, 0.4) is 0 Å². The van der Waals surface area contributed by atoms with Crippen LogP contribution in [0.1, 0.15) is 0 Å². The van der Waals surface area contributed by atoms with Crippen LogP contribution in [0, 0.1) is 0 Å². The molecule has 0 aliphatic carbocycles. The molecular formula is C48H35BN6. The van der Waals surface area contributed by atoms with Gasteiger partial charge in [0.15, 0.2) is 17.5 Å². The standard InChI is InChI=1S/C48H35BN6/c1-53-37-19-11-21-39-43(37)49-44-38(53)20-12-22-40(44)55(3)42-29-36(28-41(45(42)49)54(39)2)34-17-10-18-35(27-34)48-51-46(32-15-8-5-9-16-32)50-47(52-48)33-25-23-31(24-26-33)30-13-6-4-7-14-30/h4-29H,1-3H3. The van der Waals surface area contributed by atoms with Gasteiger partial charge < -0.3 is 14.7 Å². The second-order valence-corrected chi connectivity index (χ2v) is 14.7. The van der Waals surface area contributed by atoms with Gasteiger partial charge in [0.25, 0.3) is 6.71 Å². The molecule has 8 aromatic rings. The molecule has 0 bridgehead atoms. The van der Waals surface area contributed by atoms with Gasteiger partial charge in [-0.15, -0.1) is 0 Å². The quantitative estimate of drug-likeness (QED) is 0.167.